The average molecular weight is 461 g/mol. The van der Waals surface area contributed by atoms with Gasteiger partial charge in [-0.3, -0.25) is 19.5 Å². The van der Waals surface area contributed by atoms with E-state index in [1.807, 2.05) is 47.6 Å². The van der Waals surface area contributed by atoms with E-state index in [-0.39, 0.29) is 17.9 Å². The Morgan fingerprint density at radius 3 is 2.26 bits per heavy atom. The number of carbonyl (C=O) groups excluding carboxylic acids is 2. The Morgan fingerprint density at radius 1 is 0.882 bits per heavy atom. The molecule has 6 heteroatoms. The summed E-state index contributed by atoms with van der Waals surface area (Å²) in [7, 11) is 0. The third kappa shape index (κ3) is 4.88. The lowest BCUT2D eigenvalue weighted by Gasteiger charge is -2.52. The topological polar surface area (TPSA) is 65.5 Å². The van der Waals surface area contributed by atoms with Crippen LogP contribution in [-0.2, 0) is 22.7 Å². The van der Waals surface area contributed by atoms with E-state index >= 15 is 0 Å². The number of piperidine rings is 1. The van der Waals surface area contributed by atoms with Gasteiger partial charge in [-0.25, -0.2) is 0 Å². The van der Waals surface area contributed by atoms with E-state index < -0.39 is 5.54 Å². The van der Waals surface area contributed by atoms with Crippen LogP contribution in [0.1, 0.15) is 62.5 Å². The molecule has 180 valence electrons. The largest absolute Gasteiger partial charge is 0.342 e. The van der Waals surface area contributed by atoms with Gasteiger partial charge in [-0.05, 0) is 48.4 Å². The summed E-state index contributed by atoms with van der Waals surface area (Å²) in [6.45, 7) is 2.93. The molecule has 2 saturated heterocycles. The van der Waals surface area contributed by atoms with Crippen LogP contribution in [-0.4, -0.2) is 51.3 Å². The molecule has 3 fully saturated rings. The zero-order valence-electron chi connectivity index (χ0n) is 20.0. The Labute approximate surface area is 202 Å². The first-order valence-electron chi connectivity index (χ1n) is 12.9. The number of hydrogen-bond acceptors (Lipinski definition) is 4. The predicted molar refractivity (Wildman–Crippen MR) is 132 cm³/mol. The molecule has 1 aromatic heterocycles. The maximum absolute atomic E-state index is 13.9. The Hall–Kier alpha value is -2.73. The summed E-state index contributed by atoms with van der Waals surface area (Å²) in [6, 6.07) is 13.8. The lowest BCUT2D eigenvalue weighted by atomic mass is 9.79. The number of nitrogens with zero attached hydrogens (tertiary/aromatic N) is 3. The molecule has 3 aliphatic rings. The Kier molecular flexibility index (Phi) is 6.95. The Balaban J connectivity index is 1.34. The van der Waals surface area contributed by atoms with Crippen molar-refractivity contribution in [3.8, 4) is 0 Å². The molecule has 1 N–H and O–H groups in total. The van der Waals surface area contributed by atoms with E-state index in [0.29, 0.717) is 25.3 Å². The van der Waals surface area contributed by atoms with Gasteiger partial charge in [-0.2, -0.15) is 0 Å². The van der Waals surface area contributed by atoms with Crippen molar-refractivity contribution >= 4 is 11.8 Å². The van der Waals surface area contributed by atoms with E-state index in [9.17, 15) is 9.59 Å². The highest BCUT2D eigenvalue weighted by Crippen LogP contribution is 2.37. The van der Waals surface area contributed by atoms with Crippen molar-refractivity contribution in [1.82, 2.24) is 20.1 Å². The van der Waals surface area contributed by atoms with Crippen LogP contribution < -0.4 is 5.32 Å². The van der Waals surface area contributed by atoms with Crippen molar-refractivity contribution in [2.45, 2.75) is 76.0 Å². The number of benzene rings is 1. The fourth-order valence-electron chi connectivity index (χ4n) is 6.11. The molecule has 1 aromatic carbocycles. The molecule has 2 aliphatic heterocycles. The van der Waals surface area contributed by atoms with Gasteiger partial charge in [0.1, 0.15) is 11.6 Å². The number of likely N-dealkylation sites (tertiary alicyclic amines) is 1. The van der Waals surface area contributed by atoms with Crippen LogP contribution in [0.15, 0.2) is 54.9 Å². The molecule has 34 heavy (non-hydrogen) atoms. The number of carbonyl (C=O) groups is 2. The number of piperazine rings is 1. The SMILES string of the molecule is O=C1C(CC2CCCCC2)NC(=O)C2(CCN(Cc3ccncc3)CC2)N1Cc1ccccc1. The van der Waals surface area contributed by atoms with Gasteiger partial charge in [0.15, 0.2) is 0 Å². The van der Waals surface area contributed by atoms with E-state index in [4.69, 9.17) is 0 Å². The monoisotopic (exact) mass is 460 g/mol. The van der Waals surface area contributed by atoms with Crippen LogP contribution in [0.25, 0.3) is 0 Å². The van der Waals surface area contributed by atoms with Gasteiger partial charge in [0.25, 0.3) is 0 Å². The van der Waals surface area contributed by atoms with Crippen molar-refractivity contribution < 1.29 is 9.59 Å². The van der Waals surface area contributed by atoms with E-state index in [0.717, 1.165) is 31.6 Å². The number of pyridine rings is 1. The fourth-order valence-corrected chi connectivity index (χ4v) is 6.11. The van der Waals surface area contributed by atoms with Crippen LogP contribution in [0, 0.1) is 5.92 Å². The van der Waals surface area contributed by atoms with Crippen LogP contribution in [0.2, 0.25) is 0 Å². The second-order valence-corrected chi connectivity index (χ2v) is 10.3. The molecule has 6 nitrogen and oxygen atoms in total. The summed E-state index contributed by atoms with van der Waals surface area (Å²) in [6.07, 6.45) is 11.9. The van der Waals surface area contributed by atoms with Crippen LogP contribution in [0.5, 0.6) is 0 Å². The smallest absolute Gasteiger partial charge is 0.246 e. The van der Waals surface area contributed by atoms with Gasteiger partial charge in [-0.1, -0.05) is 62.4 Å². The quantitative estimate of drug-likeness (QED) is 0.710. The molecule has 3 heterocycles. The summed E-state index contributed by atoms with van der Waals surface area (Å²) in [5, 5.41) is 3.20. The van der Waals surface area contributed by atoms with Crippen LogP contribution >= 0.6 is 0 Å². The first-order valence-corrected chi connectivity index (χ1v) is 12.9. The maximum atomic E-state index is 13.9. The Morgan fingerprint density at radius 2 is 1.56 bits per heavy atom. The zero-order chi connectivity index (χ0) is 23.4. The third-order valence-electron chi connectivity index (χ3n) is 8.12. The molecule has 5 rings (SSSR count). The lowest BCUT2D eigenvalue weighted by Crippen LogP contribution is -2.72. The summed E-state index contributed by atoms with van der Waals surface area (Å²) in [5.41, 5.74) is 1.55. The number of aromatic nitrogens is 1. The molecular weight excluding hydrogens is 424 g/mol. The summed E-state index contributed by atoms with van der Waals surface area (Å²) < 4.78 is 0. The summed E-state index contributed by atoms with van der Waals surface area (Å²) in [4.78, 5) is 36.0. The number of rotatable bonds is 6. The van der Waals surface area contributed by atoms with E-state index in [2.05, 4.69) is 27.3 Å². The first kappa shape index (κ1) is 23.0. The molecule has 0 bridgehead atoms. The number of nitrogens with one attached hydrogen (secondary N) is 1. The average Bonchev–Trinajstić information content (AvgIpc) is 2.88. The molecule has 2 aromatic rings. The van der Waals surface area contributed by atoms with Gasteiger partial charge >= 0.3 is 0 Å². The predicted octanol–water partition coefficient (Wildman–Crippen LogP) is 3.91. The number of hydrogen-bond donors (Lipinski definition) is 1. The van der Waals surface area contributed by atoms with Crippen molar-refractivity contribution in [1.29, 1.82) is 0 Å². The molecule has 1 spiro atoms. The highest BCUT2D eigenvalue weighted by Gasteiger charge is 2.53. The molecule has 1 saturated carbocycles. The van der Waals surface area contributed by atoms with Crippen LogP contribution in [0.4, 0.5) is 0 Å². The van der Waals surface area contributed by atoms with Crippen molar-refractivity contribution in [3.63, 3.8) is 0 Å². The molecule has 1 aliphatic carbocycles. The summed E-state index contributed by atoms with van der Waals surface area (Å²) >= 11 is 0. The van der Waals surface area contributed by atoms with E-state index in [1.165, 1.54) is 37.7 Å². The van der Waals surface area contributed by atoms with Gasteiger partial charge < -0.3 is 10.2 Å². The molecule has 1 atom stereocenters. The standard InChI is InChI=1S/C28H36N4O2/c33-26-25(19-22-7-3-1-4-8-22)30-27(34)28(32(26)21-23-9-5-2-6-10-23)13-17-31(18-14-28)20-24-11-15-29-16-12-24/h2,5-6,9-12,15-16,22,25H,1,3-4,7-8,13-14,17-21H2,(H,30,34). The third-order valence-corrected chi connectivity index (χ3v) is 8.12. The lowest BCUT2D eigenvalue weighted by molar-refractivity contribution is -0.163. The molecule has 1 unspecified atom stereocenters. The minimum absolute atomic E-state index is 0.0485. The van der Waals surface area contributed by atoms with Crippen molar-refractivity contribution in [2.75, 3.05) is 13.1 Å². The second kappa shape index (κ2) is 10.3. The second-order valence-electron chi connectivity index (χ2n) is 10.3. The van der Waals surface area contributed by atoms with Crippen LogP contribution in [0.3, 0.4) is 0 Å². The molecule has 2 amide bonds. The fraction of sp³-hybridized carbons (Fsp3) is 0.536. The normalized spacial score (nSPS) is 23.8. The Bertz CT molecular complexity index is 966. The van der Waals surface area contributed by atoms with Gasteiger partial charge in [-0.15, -0.1) is 0 Å². The van der Waals surface area contributed by atoms with E-state index in [1.54, 1.807) is 0 Å². The maximum Gasteiger partial charge on any atom is 0.246 e. The highest BCUT2D eigenvalue weighted by molar-refractivity contribution is 6.00. The molecule has 0 radical (unpaired) electrons. The van der Waals surface area contributed by atoms with Gasteiger partial charge in [0.2, 0.25) is 11.8 Å². The van der Waals surface area contributed by atoms with Gasteiger partial charge in [0, 0.05) is 38.6 Å². The van der Waals surface area contributed by atoms with Crippen molar-refractivity contribution in [3.05, 3.63) is 66.0 Å². The highest BCUT2D eigenvalue weighted by atomic mass is 16.2. The minimum atomic E-state index is -0.759. The summed E-state index contributed by atoms with van der Waals surface area (Å²) in [5.74, 6) is 0.696. The minimum Gasteiger partial charge on any atom is -0.342 e. The molecular formula is C28H36N4O2. The number of amides is 2. The first-order chi connectivity index (χ1) is 16.6. The van der Waals surface area contributed by atoms with Crippen molar-refractivity contribution in [2.24, 2.45) is 5.92 Å². The zero-order valence-corrected chi connectivity index (χ0v) is 20.0. The van der Waals surface area contributed by atoms with Gasteiger partial charge in [0.05, 0.1) is 0 Å².